The number of ketones is 1. The van der Waals surface area contributed by atoms with Gasteiger partial charge in [0.2, 0.25) is 0 Å². The highest BCUT2D eigenvalue weighted by atomic mass is 32.2. The monoisotopic (exact) mass is 313 g/mol. The first-order valence-electron chi connectivity index (χ1n) is 6.86. The Balaban J connectivity index is 2.02. The van der Waals surface area contributed by atoms with Gasteiger partial charge in [0.1, 0.15) is 11.3 Å². The molecule has 2 N–H and O–H groups in total. The Kier molecular flexibility index (Phi) is 3.85. The molecular formula is C16H15N3O2S. The van der Waals surface area contributed by atoms with E-state index in [4.69, 9.17) is 10.5 Å². The van der Waals surface area contributed by atoms with Crippen LogP contribution in [0.4, 0.5) is 0 Å². The lowest BCUT2D eigenvalue weighted by molar-refractivity contribution is -0.110. The van der Waals surface area contributed by atoms with Crippen molar-refractivity contribution in [1.29, 1.82) is 0 Å². The van der Waals surface area contributed by atoms with Gasteiger partial charge in [0.25, 0.3) is 0 Å². The zero-order valence-electron chi connectivity index (χ0n) is 12.2. The lowest BCUT2D eigenvalue weighted by Crippen LogP contribution is -2.06. The standard InChI is InChI=1S/C16H15N3O2S/c1-9(2)21-13-5-6-18-11-4-3-10(19-16(11)13)7-14-12(20)8-15(17)22-14/h3-9H,17H2,1-2H3. The van der Waals surface area contributed by atoms with E-state index in [-0.39, 0.29) is 11.9 Å². The van der Waals surface area contributed by atoms with Crippen molar-refractivity contribution < 1.29 is 9.53 Å². The van der Waals surface area contributed by atoms with Gasteiger partial charge < -0.3 is 10.5 Å². The number of hydrogen-bond donors (Lipinski definition) is 1. The predicted octanol–water partition coefficient (Wildman–Crippen LogP) is 2.87. The fraction of sp³-hybridized carbons (Fsp3) is 0.188. The summed E-state index contributed by atoms with van der Waals surface area (Å²) in [6, 6.07) is 5.48. The highest BCUT2D eigenvalue weighted by Gasteiger charge is 2.17. The average molecular weight is 313 g/mol. The average Bonchev–Trinajstić information content (AvgIpc) is 2.77. The SMILES string of the molecule is CC(C)Oc1ccnc2ccc(C=C3SC(N)=CC3=O)nc12. The van der Waals surface area contributed by atoms with E-state index in [1.807, 2.05) is 26.0 Å². The predicted molar refractivity (Wildman–Crippen MR) is 88.1 cm³/mol. The quantitative estimate of drug-likeness (QED) is 0.878. The molecule has 112 valence electrons. The molecule has 0 fully saturated rings. The highest BCUT2D eigenvalue weighted by Crippen LogP contribution is 2.31. The molecule has 22 heavy (non-hydrogen) atoms. The molecule has 0 atom stereocenters. The zero-order valence-corrected chi connectivity index (χ0v) is 13.1. The maximum atomic E-state index is 11.8. The van der Waals surface area contributed by atoms with Crippen LogP contribution in [0, 0.1) is 0 Å². The minimum absolute atomic E-state index is 0.0466. The Bertz CT molecular complexity index is 812. The van der Waals surface area contributed by atoms with Crippen LogP contribution in [0.2, 0.25) is 0 Å². The molecule has 0 spiro atoms. The summed E-state index contributed by atoms with van der Waals surface area (Å²) >= 11 is 1.25. The lowest BCUT2D eigenvalue weighted by Gasteiger charge is -2.11. The fourth-order valence-corrected chi connectivity index (χ4v) is 2.85. The van der Waals surface area contributed by atoms with E-state index in [1.54, 1.807) is 18.3 Å². The Morgan fingerprint density at radius 1 is 1.32 bits per heavy atom. The van der Waals surface area contributed by atoms with Gasteiger partial charge in [0, 0.05) is 18.3 Å². The van der Waals surface area contributed by atoms with Crippen LogP contribution in [-0.4, -0.2) is 21.9 Å². The van der Waals surface area contributed by atoms with Crippen molar-refractivity contribution in [2.24, 2.45) is 5.73 Å². The number of rotatable bonds is 3. The van der Waals surface area contributed by atoms with Crippen LogP contribution in [0.25, 0.3) is 17.1 Å². The van der Waals surface area contributed by atoms with Crippen LogP contribution in [0.5, 0.6) is 5.75 Å². The van der Waals surface area contributed by atoms with Gasteiger partial charge in [0.15, 0.2) is 5.78 Å². The van der Waals surface area contributed by atoms with Gasteiger partial charge in [-0.05, 0) is 32.1 Å². The third kappa shape index (κ3) is 2.96. The molecule has 0 aliphatic carbocycles. The van der Waals surface area contributed by atoms with Gasteiger partial charge in [-0.25, -0.2) is 4.98 Å². The molecule has 0 aromatic carbocycles. The Morgan fingerprint density at radius 3 is 2.82 bits per heavy atom. The van der Waals surface area contributed by atoms with E-state index in [0.29, 0.717) is 26.9 Å². The Hall–Kier alpha value is -2.34. The molecule has 6 heteroatoms. The van der Waals surface area contributed by atoms with Crippen molar-refractivity contribution in [3.8, 4) is 5.75 Å². The maximum Gasteiger partial charge on any atom is 0.195 e. The number of hydrogen-bond acceptors (Lipinski definition) is 6. The molecule has 1 aliphatic heterocycles. The van der Waals surface area contributed by atoms with E-state index in [9.17, 15) is 4.79 Å². The number of aromatic nitrogens is 2. The molecule has 0 unspecified atom stereocenters. The number of carbonyl (C=O) groups excluding carboxylic acids is 1. The summed E-state index contributed by atoms with van der Waals surface area (Å²) in [6.07, 6.45) is 4.90. The summed E-state index contributed by atoms with van der Waals surface area (Å²) in [7, 11) is 0. The molecule has 3 heterocycles. The van der Waals surface area contributed by atoms with Gasteiger partial charge in [-0.15, -0.1) is 0 Å². The first kappa shape index (κ1) is 14.6. The third-order valence-corrected chi connectivity index (χ3v) is 3.85. The molecule has 5 nitrogen and oxygen atoms in total. The van der Waals surface area contributed by atoms with Crippen LogP contribution in [0.1, 0.15) is 19.5 Å². The summed E-state index contributed by atoms with van der Waals surface area (Å²) in [4.78, 5) is 21.2. The van der Waals surface area contributed by atoms with Gasteiger partial charge in [0.05, 0.1) is 27.2 Å². The number of carbonyl (C=O) groups is 1. The maximum absolute atomic E-state index is 11.8. The second kappa shape index (κ2) is 5.81. The van der Waals surface area contributed by atoms with Crippen molar-refractivity contribution in [3.05, 3.63) is 46.1 Å². The number of fused-ring (bicyclic) bond motifs is 1. The number of nitrogens with two attached hydrogens (primary N) is 1. The van der Waals surface area contributed by atoms with E-state index < -0.39 is 0 Å². The molecule has 2 aromatic rings. The molecular weight excluding hydrogens is 298 g/mol. The van der Waals surface area contributed by atoms with Gasteiger partial charge in [-0.1, -0.05) is 11.8 Å². The largest absolute Gasteiger partial charge is 0.489 e. The van der Waals surface area contributed by atoms with E-state index in [1.165, 1.54) is 17.8 Å². The fourth-order valence-electron chi connectivity index (χ4n) is 2.09. The molecule has 3 rings (SSSR count). The van der Waals surface area contributed by atoms with Gasteiger partial charge in [-0.3, -0.25) is 9.78 Å². The Labute approximate surface area is 132 Å². The summed E-state index contributed by atoms with van der Waals surface area (Å²) in [5.74, 6) is 0.595. The molecule has 1 aliphatic rings. The minimum atomic E-state index is -0.0887. The summed E-state index contributed by atoms with van der Waals surface area (Å²) < 4.78 is 5.76. The molecule has 0 saturated carbocycles. The summed E-state index contributed by atoms with van der Waals surface area (Å²) in [6.45, 7) is 3.92. The molecule has 0 bridgehead atoms. The molecule has 0 radical (unpaired) electrons. The highest BCUT2D eigenvalue weighted by molar-refractivity contribution is 8.08. The van der Waals surface area contributed by atoms with Crippen LogP contribution < -0.4 is 10.5 Å². The van der Waals surface area contributed by atoms with Crippen LogP contribution in [-0.2, 0) is 4.79 Å². The number of nitrogens with zero attached hydrogens (tertiary/aromatic N) is 2. The second-order valence-corrected chi connectivity index (χ2v) is 6.22. The Morgan fingerprint density at radius 2 is 2.14 bits per heavy atom. The van der Waals surface area contributed by atoms with Gasteiger partial charge >= 0.3 is 0 Å². The number of ether oxygens (including phenoxy) is 1. The molecule has 2 aromatic heterocycles. The van der Waals surface area contributed by atoms with Crippen LogP contribution >= 0.6 is 11.8 Å². The summed E-state index contributed by atoms with van der Waals surface area (Å²) in [5.41, 5.74) is 7.76. The van der Waals surface area contributed by atoms with Crippen molar-refractivity contribution in [2.45, 2.75) is 20.0 Å². The van der Waals surface area contributed by atoms with Crippen LogP contribution in [0.3, 0.4) is 0 Å². The zero-order chi connectivity index (χ0) is 15.7. The lowest BCUT2D eigenvalue weighted by atomic mass is 10.2. The van der Waals surface area contributed by atoms with Crippen LogP contribution in [0.15, 0.2) is 40.4 Å². The number of allylic oxidation sites excluding steroid dienone is 2. The van der Waals surface area contributed by atoms with E-state index in [0.717, 1.165) is 5.52 Å². The minimum Gasteiger partial charge on any atom is -0.489 e. The van der Waals surface area contributed by atoms with E-state index in [2.05, 4.69) is 9.97 Å². The van der Waals surface area contributed by atoms with E-state index >= 15 is 0 Å². The van der Waals surface area contributed by atoms with Crippen molar-refractivity contribution >= 4 is 34.7 Å². The van der Waals surface area contributed by atoms with Gasteiger partial charge in [-0.2, -0.15) is 0 Å². The van der Waals surface area contributed by atoms with Crippen molar-refractivity contribution in [2.75, 3.05) is 0 Å². The number of thioether (sulfide) groups is 1. The topological polar surface area (TPSA) is 78.1 Å². The van der Waals surface area contributed by atoms with Crippen molar-refractivity contribution in [1.82, 2.24) is 9.97 Å². The second-order valence-electron chi connectivity index (χ2n) is 5.10. The first-order valence-corrected chi connectivity index (χ1v) is 7.68. The first-order chi connectivity index (χ1) is 10.5. The molecule has 0 amide bonds. The normalized spacial score (nSPS) is 16.6. The molecule has 0 saturated heterocycles. The summed E-state index contributed by atoms with van der Waals surface area (Å²) in [5, 5.41) is 0.502. The smallest absolute Gasteiger partial charge is 0.195 e. The third-order valence-electron chi connectivity index (χ3n) is 2.95. The number of pyridine rings is 2. The van der Waals surface area contributed by atoms with Crippen molar-refractivity contribution in [3.63, 3.8) is 0 Å².